The van der Waals surface area contributed by atoms with E-state index >= 15 is 0 Å². The average Bonchev–Trinajstić information content (AvgIpc) is 2.80. The second-order valence-corrected chi connectivity index (χ2v) is 9.33. The fourth-order valence-corrected chi connectivity index (χ4v) is 2.98. The van der Waals surface area contributed by atoms with E-state index in [2.05, 4.69) is 4.99 Å². The molecule has 37 heavy (non-hydrogen) atoms. The first kappa shape index (κ1) is 28.9. The minimum absolute atomic E-state index is 0.0400. The Labute approximate surface area is 212 Å². The van der Waals surface area contributed by atoms with Gasteiger partial charge in [0.2, 0.25) is 0 Å². The third-order valence-corrected chi connectivity index (χ3v) is 4.77. The summed E-state index contributed by atoms with van der Waals surface area (Å²) in [6.07, 6.45) is -3.60. The normalized spacial score (nSPS) is 12.6. The standard InChI is InChI=1S/C26H27F3N4O4/c1-16(31)21(13-32-19-7-5-6-18(11-19)26(27,28)29)24(36)33(14-23(34)35)20-8-9-22(17(10-20)12-30)37-15-25(2,3)4/h5-11,13H,14-15,31H2,1-4H3,(H,34,35). The molecular formula is C26H27F3N4O4. The molecule has 196 valence electrons. The van der Waals surface area contributed by atoms with Crippen molar-refractivity contribution in [2.75, 3.05) is 18.1 Å². The SMILES string of the molecule is CC(N)=C(C=Nc1cccc(C(F)(F)F)c1)C(=O)N(CC(=O)O)c1ccc(OCC(C)(C)C)c(C#N)c1. The van der Waals surface area contributed by atoms with E-state index in [1.54, 1.807) is 0 Å². The van der Waals surface area contributed by atoms with Crippen molar-refractivity contribution >= 4 is 29.5 Å². The van der Waals surface area contributed by atoms with Crippen LogP contribution in [0.4, 0.5) is 24.5 Å². The summed E-state index contributed by atoms with van der Waals surface area (Å²) in [7, 11) is 0. The Bertz CT molecular complexity index is 1270. The number of aliphatic carboxylic acids is 1. The summed E-state index contributed by atoms with van der Waals surface area (Å²) in [6, 6.07) is 10.3. The minimum Gasteiger partial charge on any atom is -0.492 e. The van der Waals surface area contributed by atoms with Crippen molar-refractivity contribution in [2.45, 2.75) is 33.9 Å². The van der Waals surface area contributed by atoms with Crippen LogP contribution < -0.4 is 15.4 Å². The number of hydrogen-bond acceptors (Lipinski definition) is 6. The Balaban J connectivity index is 2.45. The number of allylic oxidation sites excluding steroid dienone is 1. The summed E-state index contributed by atoms with van der Waals surface area (Å²) in [6.45, 7) is 6.75. The predicted molar refractivity (Wildman–Crippen MR) is 133 cm³/mol. The molecule has 0 aliphatic carbocycles. The molecule has 0 radical (unpaired) electrons. The van der Waals surface area contributed by atoms with Crippen molar-refractivity contribution in [1.82, 2.24) is 0 Å². The van der Waals surface area contributed by atoms with E-state index in [0.717, 1.165) is 23.2 Å². The molecule has 3 N–H and O–H groups in total. The van der Waals surface area contributed by atoms with Gasteiger partial charge in [-0.05, 0) is 48.7 Å². The largest absolute Gasteiger partial charge is 0.492 e. The van der Waals surface area contributed by atoms with E-state index in [1.165, 1.54) is 37.3 Å². The number of amides is 1. The van der Waals surface area contributed by atoms with Gasteiger partial charge >= 0.3 is 12.1 Å². The summed E-state index contributed by atoms with van der Waals surface area (Å²) >= 11 is 0. The van der Waals surface area contributed by atoms with Gasteiger partial charge in [0.25, 0.3) is 5.91 Å². The smallest absolute Gasteiger partial charge is 0.416 e. The molecule has 1 amide bonds. The maximum absolute atomic E-state index is 13.3. The van der Waals surface area contributed by atoms with Crippen molar-refractivity contribution in [3.8, 4) is 11.8 Å². The van der Waals surface area contributed by atoms with E-state index in [-0.39, 0.29) is 39.4 Å². The monoisotopic (exact) mass is 516 g/mol. The summed E-state index contributed by atoms with van der Waals surface area (Å²) in [5.41, 5.74) is 4.55. The summed E-state index contributed by atoms with van der Waals surface area (Å²) in [4.78, 5) is 29.7. The molecule has 0 fully saturated rings. The molecule has 0 spiro atoms. The molecule has 0 aliphatic heterocycles. The lowest BCUT2D eigenvalue weighted by Crippen LogP contribution is -2.38. The third-order valence-electron chi connectivity index (χ3n) is 4.77. The van der Waals surface area contributed by atoms with Gasteiger partial charge in [-0.3, -0.25) is 19.5 Å². The van der Waals surface area contributed by atoms with Crippen LogP contribution in [0.3, 0.4) is 0 Å². The number of nitrogens with zero attached hydrogens (tertiary/aromatic N) is 3. The average molecular weight is 517 g/mol. The van der Waals surface area contributed by atoms with Crippen LogP contribution in [0.5, 0.6) is 5.75 Å². The fraction of sp³-hybridized carbons (Fsp3) is 0.308. The third kappa shape index (κ3) is 8.38. The van der Waals surface area contributed by atoms with Crippen LogP contribution in [0.15, 0.2) is 58.7 Å². The number of carbonyl (C=O) groups excluding carboxylic acids is 1. The van der Waals surface area contributed by atoms with Gasteiger partial charge in [-0.15, -0.1) is 0 Å². The van der Waals surface area contributed by atoms with Crippen LogP contribution in [0, 0.1) is 16.7 Å². The van der Waals surface area contributed by atoms with Crippen LogP contribution in [-0.4, -0.2) is 36.3 Å². The quantitative estimate of drug-likeness (QED) is 0.373. The van der Waals surface area contributed by atoms with Crippen molar-refractivity contribution in [3.63, 3.8) is 0 Å². The minimum atomic E-state index is -4.58. The number of ether oxygens (including phenoxy) is 1. The van der Waals surface area contributed by atoms with Gasteiger partial charge in [-0.1, -0.05) is 26.8 Å². The van der Waals surface area contributed by atoms with E-state index in [9.17, 15) is 33.1 Å². The van der Waals surface area contributed by atoms with Crippen LogP contribution in [0.25, 0.3) is 0 Å². The molecule has 0 unspecified atom stereocenters. The van der Waals surface area contributed by atoms with E-state index in [0.29, 0.717) is 6.61 Å². The first-order valence-corrected chi connectivity index (χ1v) is 11.0. The zero-order chi connectivity index (χ0) is 28.0. The van der Waals surface area contributed by atoms with Crippen molar-refractivity contribution < 1.29 is 32.6 Å². The topological polar surface area (TPSA) is 129 Å². The molecule has 0 bridgehead atoms. The first-order valence-electron chi connectivity index (χ1n) is 11.0. The highest BCUT2D eigenvalue weighted by molar-refractivity contribution is 6.20. The van der Waals surface area contributed by atoms with Crippen molar-refractivity contribution in [1.29, 1.82) is 5.26 Å². The number of nitriles is 1. The molecule has 11 heteroatoms. The van der Waals surface area contributed by atoms with Crippen molar-refractivity contribution in [3.05, 3.63) is 64.9 Å². The number of hydrogen-bond donors (Lipinski definition) is 2. The molecule has 2 aromatic carbocycles. The van der Waals surface area contributed by atoms with Crippen LogP contribution in [0.1, 0.15) is 38.8 Å². The summed E-state index contributed by atoms with van der Waals surface area (Å²) in [5, 5.41) is 19.0. The molecule has 2 rings (SSSR count). The highest BCUT2D eigenvalue weighted by Crippen LogP contribution is 2.31. The van der Waals surface area contributed by atoms with Crippen LogP contribution in [0.2, 0.25) is 0 Å². The number of carboxylic acid groups (broad SMARTS) is 1. The molecule has 0 saturated heterocycles. The molecule has 8 nitrogen and oxygen atoms in total. The Morgan fingerprint density at radius 3 is 2.41 bits per heavy atom. The number of aliphatic imine (C=N–C) groups is 1. The molecule has 0 aromatic heterocycles. The molecule has 0 saturated carbocycles. The second-order valence-electron chi connectivity index (χ2n) is 9.33. The first-order chi connectivity index (χ1) is 17.1. The predicted octanol–water partition coefficient (Wildman–Crippen LogP) is 5.05. The lowest BCUT2D eigenvalue weighted by Gasteiger charge is -2.23. The Morgan fingerprint density at radius 1 is 1.19 bits per heavy atom. The van der Waals surface area contributed by atoms with Gasteiger partial charge in [0.05, 0.1) is 29.0 Å². The molecular weight excluding hydrogens is 489 g/mol. The molecule has 0 aliphatic rings. The summed E-state index contributed by atoms with van der Waals surface area (Å²) in [5.74, 6) is -1.95. The number of alkyl halides is 3. The zero-order valence-electron chi connectivity index (χ0n) is 20.8. The van der Waals surface area contributed by atoms with E-state index in [4.69, 9.17) is 10.5 Å². The second kappa shape index (κ2) is 11.6. The number of carboxylic acids is 1. The van der Waals surface area contributed by atoms with E-state index < -0.39 is 30.2 Å². The van der Waals surface area contributed by atoms with Gasteiger partial charge in [0.1, 0.15) is 18.4 Å². The number of nitrogens with two attached hydrogens (primary N) is 1. The number of carbonyl (C=O) groups is 2. The molecule has 0 heterocycles. The van der Waals surface area contributed by atoms with Gasteiger partial charge in [0.15, 0.2) is 0 Å². The summed E-state index contributed by atoms with van der Waals surface area (Å²) < 4.78 is 44.7. The highest BCUT2D eigenvalue weighted by atomic mass is 19.4. The van der Waals surface area contributed by atoms with Gasteiger partial charge in [-0.25, -0.2) is 0 Å². The molecule has 0 atom stereocenters. The lowest BCUT2D eigenvalue weighted by molar-refractivity contribution is -0.137. The van der Waals surface area contributed by atoms with Crippen molar-refractivity contribution in [2.24, 2.45) is 16.1 Å². The van der Waals surface area contributed by atoms with Gasteiger partial charge in [-0.2, -0.15) is 18.4 Å². The number of rotatable bonds is 8. The number of benzene rings is 2. The van der Waals surface area contributed by atoms with Gasteiger partial charge < -0.3 is 15.6 Å². The Kier molecular flexibility index (Phi) is 9.06. The maximum Gasteiger partial charge on any atom is 0.416 e. The number of halogens is 3. The fourth-order valence-electron chi connectivity index (χ4n) is 2.98. The maximum atomic E-state index is 13.3. The van der Waals surface area contributed by atoms with Crippen LogP contribution >= 0.6 is 0 Å². The Morgan fingerprint density at radius 2 is 1.86 bits per heavy atom. The van der Waals surface area contributed by atoms with E-state index in [1.807, 2.05) is 26.8 Å². The number of anilines is 1. The molecule has 2 aromatic rings. The zero-order valence-corrected chi connectivity index (χ0v) is 20.8. The van der Waals surface area contributed by atoms with Gasteiger partial charge in [0, 0.05) is 17.6 Å². The lowest BCUT2D eigenvalue weighted by atomic mass is 9.98. The highest BCUT2D eigenvalue weighted by Gasteiger charge is 2.30. The van der Waals surface area contributed by atoms with Crippen LogP contribution in [-0.2, 0) is 15.8 Å². The Hall–Kier alpha value is -4.33.